The van der Waals surface area contributed by atoms with Crippen LogP contribution in [-0.4, -0.2) is 29.7 Å². The first-order chi connectivity index (χ1) is 11.9. The van der Waals surface area contributed by atoms with Gasteiger partial charge in [0.1, 0.15) is 11.3 Å². The van der Waals surface area contributed by atoms with Crippen LogP contribution in [0.5, 0.6) is 5.75 Å². The van der Waals surface area contributed by atoms with Crippen molar-refractivity contribution >= 4 is 28.2 Å². The van der Waals surface area contributed by atoms with E-state index in [1.165, 1.54) is 4.57 Å². The van der Waals surface area contributed by atoms with E-state index in [1.807, 2.05) is 31.1 Å². The summed E-state index contributed by atoms with van der Waals surface area (Å²) in [4.78, 5) is 27.0. The van der Waals surface area contributed by atoms with Crippen molar-refractivity contribution in [3.63, 3.8) is 0 Å². The van der Waals surface area contributed by atoms with Gasteiger partial charge in [-0.1, -0.05) is 18.2 Å². The van der Waals surface area contributed by atoms with E-state index < -0.39 is 11.5 Å². The van der Waals surface area contributed by atoms with Gasteiger partial charge in [0, 0.05) is 37.9 Å². The van der Waals surface area contributed by atoms with Crippen molar-refractivity contribution in [2.75, 3.05) is 24.3 Å². The number of benzene rings is 2. The molecule has 3 rings (SSSR count). The van der Waals surface area contributed by atoms with Gasteiger partial charge < -0.3 is 19.9 Å². The van der Waals surface area contributed by atoms with Crippen LogP contribution >= 0.6 is 0 Å². The Kier molecular flexibility index (Phi) is 4.19. The van der Waals surface area contributed by atoms with Crippen LogP contribution in [-0.2, 0) is 7.05 Å². The van der Waals surface area contributed by atoms with Gasteiger partial charge in [-0.2, -0.15) is 0 Å². The number of hydrogen-bond donors (Lipinski definition) is 2. The molecule has 0 saturated carbocycles. The number of carbonyl (C=O) groups excluding carboxylic acids is 1. The van der Waals surface area contributed by atoms with Gasteiger partial charge in [0.25, 0.3) is 11.5 Å². The Morgan fingerprint density at radius 3 is 2.44 bits per heavy atom. The zero-order valence-electron chi connectivity index (χ0n) is 14.3. The molecule has 25 heavy (non-hydrogen) atoms. The molecule has 1 heterocycles. The fourth-order valence-electron chi connectivity index (χ4n) is 2.72. The van der Waals surface area contributed by atoms with Crippen molar-refractivity contribution in [3.05, 3.63) is 64.4 Å². The molecule has 0 saturated heterocycles. The molecular formula is C19H19N3O3. The molecule has 0 aliphatic carbocycles. The van der Waals surface area contributed by atoms with E-state index in [0.717, 1.165) is 5.69 Å². The number of nitrogens with one attached hydrogen (secondary N) is 1. The molecule has 0 atom stereocenters. The van der Waals surface area contributed by atoms with Gasteiger partial charge in [-0.25, -0.2) is 0 Å². The van der Waals surface area contributed by atoms with Gasteiger partial charge in [0.15, 0.2) is 0 Å². The Labute approximate surface area is 144 Å². The number of rotatable bonds is 3. The molecule has 6 nitrogen and oxygen atoms in total. The third-order valence-electron chi connectivity index (χ3n) is 4.13. The lowest BCUT2D eigenvalue weighted by Crippen LogP contribution is -2.28. The summed E-state index contributed by atoms with van der Waals surface area (Å²) < 4.78 is 1.37. The van der Waals surface area contributed by atoms with Gasteiger partial charge in [-0.05, 0) is 30.3 Å². The summed E-state index contributed by atoms with van der Waals surface area (Å²) >= 11 is 0. The second-order valence-corrected chi connectivity index (χ2v) is 6.00. The maximum Gasteiger partial charge on any atom is 0.267 e. The Hall–Kier alpha value is -3.28. The monoisotopic (exact) mass is 337 g/mol. The molecule has 0 aliphatic rings. The van der Waals surface area contributed by atoms with Gasteiger partial charge in [0.2, 0.25) is 0 Å². The van der Waals surface area contributed by atoms with Gasteiger partial charge in [-0.15, -0.1) is 0 Å². The fraction of sp³-hybridized carbons (Fsp3) is 0.158. The number of pyridine rings is 1. The predicted molar refractivity (Wildman–Crippen MR) is 99.6 cm³/mol. The summed E-state index contributed by atoms with van der Waals surface area (Å²) in [6.07, 6.45) is 0. The number of fused-ring (bicyclic) bond motifs is 1. The summed E-state index contributed by atoms with van der Waals surface area (Å²) in [7, 11) is 5.34. The molecule has 0 radical (unpaired) electrons. The third-order valence-corrected chi connectivity index (χ3v) is 4.13. The minimum atomic E-state index is -0.638. The molecule has 3 aromatic rings. The largest absolute Gasteiger partial charge is 0.506 e. The first-order valence-corrected chi connectivity index (χ1v) is 7.79. The topological polar surface area (TPSA) is 74.6 Å². The van der Waals surface area contributed by atoms with Gasteiger partial charge >= 0.3 is 0 Å². The van der Waals surface area contributed by atoms with Crippen molar-refractivity contribution in [2.24, 2.45) is 7.05 Å². The van der Waals surface area contributed by atoms with Crippen LogP contribution in [0.1, 0.15) is 10.4 Å². The number of aryl methyl sites for hydroxylation is 1. The molecule has 0 fully saturated rings. The quantitative estimate of drug-likeness (QED) is 0.770. The molecule has 0 spiro atoms. The normalized spacial score (nSPS) is 10.7. The van der Waals surface area contributed by atoms with E-state index in [-0.39, 0.29) is 11.3 Å². The van der Waals surface area contributed by atoms with Crippen LogP contribution in [0.4, 0.5) is 11.4 Å². The number of aromatic nitrogens is 1. The molecule has 2 aromatic carbocycles. The molecular weight excluding hydrogens is 318 g/mol. The summed E-state index contributed by atoms with van der Waals surface area (Å²) in [6.45, 7) is 0. The number of carbonyl (C=O) groups is 1. The first kappa shape index (κ1) is 16.6. The van der Waals surface area contributed by atoms with Crippen molar-refractivity contribution < 1.29 is 9.90 Å². The van der Waals surface area contributed by atoms with E-state index in [1.54, 1.807) is 43.4 Å². The zero-order chi connectivity index (χ0) is 18.1. The number of hydrogen-bond acceptors (Lipinski definition) is 4. The first-order valence-electron chi connectivity index (χ1n) is 7.79. The second kappa shape index (κ2) is 6.32. The molecule has 0 unspecified atom stereocenters. The third kappa shape index (κ3) is 2.94. The van der Waals surface area contributed by atoms with E-state index in [0.29, 0.717) is 16.6 Å². The second-order valence-electron chi connectivity index (χ2n) is 6.00. The lowest BCUT2D eigenvalue weighted by molar-refractivity contribution is 0.102. The molecule has 6 heteroatoms. The Morgan fingerprint density at radius 1 is 1.12 bits per heavy atom. The maximum absolute atomic E-state index is 12.6. The predicted octanol–water partition coefficient (Wildman–Crippen LogP) is 2.56. The Bertz CT molecular complexity index is 1010. The van der Waals surface area contributed by atoms with Crippen LogP contribution in [0, 0.1) is 0 Å². The van der Waals surface area contributed by atoms with Crippen molar-refractivity contribution in [1.82, 2.24) is 4.57 Å². The van der Waals surface area contributed by atoms with E-state index in [4.69, 9.17) is 0 Å². The van der Waals surface area contributed by atoms with Crippen LogP contribution in [0.15, 0.2) is 53.3 Å². The van der Waals surface area contributed by atoms with Crippen molar-refractivity contribution in [1.29, 1.82) is 0 Å². The highest BCUT2D eigenvalue weighted by Gasteiger charge is 2.21. The minimum Gasteiger partial charge on any atom is -0.506 e. The molecule has 2 N–H and O–H groups in total. The van der Waals surface area contributed by atoms with Crippen LogP contribution < -0.4 is 15.8 Å². The summed E-state index contributed by atoms with van der Waals surface area (Å²) in [5, 5.41) is 13.7. The molecule has 0 bridgehead atoms. The fourth-order valence-corrected chi connectivity index (χ4v) is 2.72. The lowest BCUT2D eigenvalue weighted by atomic mass is 10.1. The summed E-state index contributed by atoms with van der Waals surface area (Å²) in [5.41, 5.74) is 1.15. The standard InChI is InChI=1S/C19H19N3O3/c1-21(2)13-9-10-15-14(11-13)17(23)16(19(25)22(15)3)18(24)20-12-7-5-4-6-8-12/h4-11,23H,1-3H3,(H,20,24). The number of amides is 1. The molecule has 128 valence electrons. The molecule has 1 amide bonds. The zero-order valence-corrected chi connectivity index (χ0v) is 14.3. The SMILES string of the molecule is CN(C)c1ccc2c(c1)c(O)c(C(=O)Nc1ccccc1)c(=O)n2C. The highest BCUT2D eigenvalue weighted by molar-refractivity contribution is 6.09. The molecule has 0 aliphatic heterocycles. The van der Waals surface area contributed by atoms with Crippen molar-refractivity contribution in [2.45, 2.75) is 0 Å². The van der Waals surface area contributed by atoms with E-state index >= 15 is 0 Å². The summed E-state index contributed by atoms with van der Waals surface area (Å²) in [5.74, 6) is -0.948. The Balaban J connectivity index is 2.17. The van der Waals surface area contributed by atoms with E-state index in [2.05, 4.69) is 5.32 Å². The Morgan fingerprint density at radius 2 is 1.80 bits per heavy atom. The van der Waals surface area contributed by atoms with Crippen molar-refractivity contribution in [3.8, 4) is 5.75 Å². The minimum absolute atomic E-state index is 0.269. The number of aromatic hydroxyl groups is 1. The number of para-hydroxylation sites is 1. The maximum atomic E-state index is 12.6. The number of nitrogens with zero attached hydrogens (tertiary/aromatic N) is 2. The highest BCUT2D eigenvalue weighted by atomic mass is 16.3. The average molecular weight is 337 g/mol. The molecule has 1 aromatic heterocycles. The van der Waals surface area contributed by atoms with Gasteiger partial charge in [0.05, 0.1) is 5.52 Å². The lowest BCUT2D eigenvalue weighted by Gasteiger charge is -2.16. The number of anilines is 2. The van der Waals surface area contributed by atoms with Crippen LogP contribution in [0.25, 0.3) is 10.9 Å². The highest BCUT2D eigenvalue weighted by Crippen LogP contribution is 2.29. The average Bonchev–Trinajstić information content (AvgIpc) is 2.60. The van der Waals surface area contributed by atoms with Crippen LogP contribution in [0.3, 0.4) is 0 Å². The van der Waals surface area contributed by atoms with Gasteiger partial charge in [-0.3, -0.25) is 9.59 Å². The van der Waals surface area contributed by atoms with E-state index in [9.17, 15) is 14.7 Å². The van der Waals surface area contributed by atoms with Crippen LogP contribution in [0.2, 0.25) is 0 Å². The summed E-state index contributed by atoms with van der Waals surface area (Å²) in [6, 6.07) is 14.2. The smallest absolute Gasteiger partial charge is 0.267 e.